The molecule has 0 aromatic heterocycles. The number of hydrogen-bond acceptors (Lipinski definition) is 6. The molecule has 0 bridgehead atoms. The van der Waals surface area contributed by atoms with Crippen molar-refractivity contribution in [1.29, 1.82) is 5.26 Å². The summed E-state index contributed by atoms with van der Waals surface area (Å²) in [7, 11) is -2.35. The normalized spacial score (nSPS) is 16.2. The van der Waals surface area contributed by atoms with Crippen molar-refractivity contribution < 1.29 is 19.4 Å². The summed E-state index contributed by atoms with van der Waals surface area (Å²) in [6.07, 6.45) is -0.198. The van der Waals surface area contributed by atoms with Crippen molar-refractivity contribution in [2.24, 2.45) is 5.73 Å². The van der Waals surface area contributed by atoms with Crippen LogP contribution < -0.4 is 5.73 Å². The maximum atomic E-state index is 12.4. The zero-order valence-electron chi connectivity index (χ0n) is 13.3. The molecule has 0 rings (SSSR count). The Kier molecular flexibility index (Phi) is 10.9. The van der Waals surface area contributed by atoms with Gasteiger partial charge in [0.15, 0.2) is 7.95 Å². The molecule has 3 N–H and O–H groups in total. The van der Waals surface area contributed by atoms with Gasteiger partial charge < -0.3 is 15.4 Å². The van der Waals surface area contributed by atoms with E-state index in [1.807, 2.05) is 33.8 Å². The zero-order valence-corrected chi connectivity index (χ0v) is 14.3. The van der Waals surface area contributed by atoms with Gasteiger partial charge in [-0.2, -0.15) is 5.26 Å². The standard InChI is InChI=1S/C13H28N3O4P/c1-10(2)16(11(3)4)21(18)13(17)8-12(9-15)20-19-7-5-6-14/h10-13,17,21H,5,7-9,15H2,1-4H3/t12?,13-/m0/s1. The fourth-order valence-electron chi connectivity index (χ4n) is 2.03. The molecule has 0 spiro atoms. The van der Waals surface area contributed by atoms with Crippen LogP contribution in [0.3, 0.4) is 0 Å². The first-order valence-electron chi connectivity index (χ1n) is 7.20. The second-order valence-corrected chi connectivity index (χ2v) is 7.23. The lowest BCUT2D eigenvalue weighted by molar-refractivity contribution is -0.323. The quantitative estimate of drug-likeness (QED) is 0.257. The van der Waals surface area contributed by atoms with Crippen LogP contribution in [0.1, 0.15) is 40.5 Å². The molecule has 21 heavy (non-hydrogen) atoms. The molecular formula is C13H28N3O4P. The number of hydrogen-bond donors (Lipinski definition) is 2. The molecule has 0 saturated heterocycles. The minimum Gasteiger partial charge on any atom is -0.384 e. The van der Waals surface area contributed by atoms with Gasteiger partial charge in [-0.05, 0) is 27.7 Å². The average Bonchev–Trinajstić information content (AvgIpc) is 2.41. The molecule has 0 fully saturated rings. The van der Waals surface area contributed by atoms with Crippen LogP contribution in [0.4, 0.5) is 0 Å². The molecule has 0 amide bonds. The lowest BCUT2D eigenvalue weighted by Gasteiger charge is -2.32. The molecule has 0 aliphatic rings. The smallest absolute Gasteiger partial charge is 0.166 e. The van der Waals surface area contributed by atoms with Gasteiger partial charge in [-0.3, -0.25) is 0 Å². The molecule has 0 aromatic rings. The van der Waals surface area contributed by atoms with Crippen LogP contribution in [0.5, 0.6) is 0 Å². The first kappa shape index (κ1) is 20.5. The second kappa shape index (κ2) is 11.1. The van der Waals surface area contributed by atoms with E-state index >= 15 is 0 Å². The molecule has 0 saturated carbocycles. The van der Waals surface area contributed by atoms with Crippen LogP contribution in [0, 0.1) is 11.3 Å². The second-order valence-electron chi connectivity index (χ2n) is 5.37. The van der Waals surface area contributed by atoms with Crippen molar-refractivity contribution in [3.8, 4) is 6.07 Å². The van der Waals surface area contributed by atoms with Gasteiger partial charge in [-0.25, -0.2) is 14.4 Å². The van der Waals surface area contributed by atoms with E-state index in [1.54, 1.807) is 4.67 Å². The van der Waals surface area contributed by atoms with E-state index in [9.17, 15) is 9.67 Å². The lowest BCUT2D eigenvalue weighted by Crippen LogP contribution is -2.35. The summed E-state index contributed by atoms with van der Waals surface area (Å²) in [6.45, 7) is 8.05. The van der Waals surface area contributed by atoms with Crippen LogP contribution in [0.2, 0.25) is 0 Å². The van der Waals surface area contributed by atoms with Gasteiger partial charge in [0.25, 0.3) is 0 Å². The zero-order chi connectivity index (χ0) is 16.4. The third kappa shape index (κ3) is 7.91. The molecule has 0 aromatic carbocycles. The van der Waals surface area contributed by atoms with E-state index < -0.39 is 19.9 Å². The number of nitriles is 1. The predicted molar refractivity (Wildman–Crippen MR) is 81.8 cm³/mol. The Morgan fingerprint density at radius 2 is 1.90 bits per heavy atom. The van der Waals surface area contributed by atoms with Crippen LogP contribution in [-0.4, -0.2) is 47.0 Å². The van der Waals surface area contributed by atoms with Crippen molar-refractivity contribution in [2.75, 3.05) is 13.2 Å². The topological polar surface area (TPSA) is 109 Å². The molecule has 0 aliphatic heterocycles. The molecule has 7 nitrogen and oxygen atoms in total. The number of nitrogens with zero attached hydrogens (tertiary/aromatic N) is 2. The van der Waals surface area contributed by atoms with Gasteiger partial charge in [-0.15, -0.1) is 0 Å². The van der Waals surface area contributed by atoms with Crippen molar-refractivity contribution in [1.82, 2.24) is 4.67 Å². The average molecular weight is 321 g/mol. The maximum absolute atomic E-state index is 12.4. The Morgan fingerprint density at radius 1 is 1.33 bits per heavy atom. The highest BCUT2D eigenvalue weighted by atomic mass is 31.1. The van der Waals surface area contributed by atoms with Crippen molar-refractivity contribution >= 4 is 7.95 Å². The van der Waals surface area contributed by atoms with E-state index in [2.05, 4.69) is 0 Å². The van der Waals surface area contributed by atoms with Crippen molar-refractivity contribution in [2.45, 2.75) is 64.6 Å². The van der Waals surface area contributed by atoms with Crippen molar-refractivity contribution in [3.05, 3.63) is 0 Å². The van der Waals surface area contributed by atoms with Crippen LogP contribution in [0.25, 0.3) is 0 Å². The highest BCUT2D eigenvalue weighted by molar-refractivity contribution is 7.42. The van der Waals surface area contributed by atoms with E-state index in [-0.39, 0.29) is 38.1 Å². The van der Waals surface area contributed by atoms with Gasteiger partial charge in [-0.1, -0.05) is 0 Å². The van der Waals surface area contributed by atoms with E-state index in [0.29, 0.717) is 0 Å². The molecule has 2 unspecified atom stereocenters. The van der Waals surface area contributed by atoms with E-state index in [4.69, 9.17) is 20.8 Å². The van der Waals surface area contributed by atoms with Gasteiger partial charge in [0, 0.05) is 25.0 Å². The summed E-state index contributed by atoms with van der Waals surface area (Å²) >= 11 is 0. The monoisotopic (exact) mass is 321 g/mol. The summed E-state index contributed by atoms with van der Waals surface area (Å²) in [5.41, 5.74) is 5.55. The fraction of sp³-hybridized carbons (Fsp3) is 0.923. The minimum absolute atomic E-state index is 0.0789. The van der Waals surface area contributed by atoms with Crippen molar-refractivity contribution in [3.63, 3.8) is 0 Å². The van der Waals surface area contributed by atoms with Gasteiger partial charge in [0.2, 0.25) is 0 Å². The third-order valence-electron chi connectivity index (χ3n) is 2.90. The molecular weight excluding hydrogens is 293 g/mol. The summed E-state index contributed by atoms with van der Waals surface area (Å²) in [6, 6.07) is 2.08. The SMILES string of the molecule is CC(C)N(C(C)C)[PH](=O)[C@H](O)CC(CN)OOCCC#N. The Hall–Kier alpha value is -0.480. The van der Waals surface area contributed by atoms with Gasteiger partial charge in [0.1, 0.15) is 11.9 Å². The maximum Gasteiger partial charge on any atom is 0.166 e. The first-order valence-corrected chi connectivity index (χ1v) is 8.63. The highest BCUT2D eigenvalue weighted by Crippen LogP contribution is 2.38. The van der Waals surface area contributed by atoms with E-state index in [1.165, 1.54) is 0 Å². The molecule has 8 heteroatoms. The molecule has 0 heterocycles. The van der Waals surface area contributed by atoms with Crippen LogP contribution >= 0.6 is 7.95 Å². The first-order chi connectivity index (χ1) is 9.84. The molecule has 3 atom stereocenters. The number of rotatable bonds is 11. The number of aliphatic hydroxyl groups excluding tert-OH is 1. The Balaban J connectivity index is 4.44. The molecule has 0 radical (unpaired) electrons. The number of nitrogens with two attached hydrogens (primary N) is 1. The molecule has 124 valence electrons. The van der Waals surface area contributed by atoms with Crippen LogP contribution in [0.15, 0.2) is 0 Å². The Labute approximate surface area is 127 Å². The highest BCUT2D eigenvalue weighted by Gasteiger charge is 2.28. The summed E-state index contributed by atoms with van der Waals surface area (Å²) in [5.74, 6) is -1.01. The van der Waals surface area contributed by atoms with Gasteiger partial charge >= 0.3 is 0 Å². The summed E-state index contributed by atoms with van der Waals surface area (Å²) in [4.78, 5) is 9.88. The van der Waals surface area contributed by atoms with Gasteiger partial charge in [0.05, 0.1) is 19.1 Å². The Bertz CT molecular complexity index is 339. The Morgan fingerprint density at radius 3 is 2.33 bits per heavy atom. The molecule has 0 aliphatic carbocycles. The largest absolute Gasteiger partial charge is 0.384 e. The lowest BCUT2D eigenvalue weighted by atomic mass is 10.3. The summed E-state index contributed by atoms with van der Waals surface area (Å²) < 4.78 is 14.2. The predicted octanol–water partition coefficient (Wildman–Crippen LogP) is 1.48. The summed E-state index contributed by atoms with van der Waals surface area (Å²) in [5, 5.41) is 18.5. The number of aliphatic hydroxyl groups is 1. The van der Waals surface area contributed by atoms with Crippen LogP contribution in [-0.2, 0) is 14.3 Å². The van der Waals surface area contributed by atoms with E-state index in [0.717, 1.165) is 0 Å². The third-order valence-corrected chi connectivity index (χ3v) is 5.25. The fourth-order valence-corrected chi connectivity index (χ4v) is 3.86. The minimum atomic E-state index is -2.35.